The first kappa shape index (κ1) is 14.4. The molecule has 96 valence electrons. The van der Waals surface area contributed by atoms with Crippen LogP contribution in [0.5, 0.6) is 0 Å². The highest BCUT2D eigenvalue weighted by molar-refractivity contribution is 6.31. The van der Waals surface area contributed by atoms with Crippen molar-refractivity contribution in [2.24, 2.45) is 5.92 Å². The van der Waals surface area contributed by atoms with E-state index in [-0.39, 0.29) is 11.9 Å². The van der Waals surface area contributed by atoms with Crippen molar-refractivity contribution >= 4 is 11.6 Å². The van der Waals surface area contributed by atoms with Gasteiger partial charge in [-0.05, 0) is 37.1 Å². The number of ether oxygens (including phenoxy) is 1. The van der Waals surface area contributed by atoms with Crippen LogP contribution in [0, 0.1) is 11.7 Å². The minimum absolute atomic E-state index is 0.109. The second-order valence-corrected chi connectivity index (χ2v) is 4.60. The lowest BCUT2D eigenvalue weighted by molar-refractivity contribution is 0.171. The normalized spacial score (nSPS) is 14.6. The Balaban J connectivity index is 2.85. The van der Waals surface area contributed by atoms with Crippen LogP contribution in [0.3, 0.4) is 0 Å². The predicted molar refractivity (Wildman–Crippen MR) is 68.9 cm³/mol. The van der Waals surface area contributed by atoms with Crippen LogP contribution >= 0.6 is 11.6 Å². The number of hydrogen-bond donors (Lipinski definition) is 1. The molecule has 0 heterocycles. The summed E-state index contributed by atoms with van der Waals surface area (Å²) in [4.78, 5) is 0. The second-order valence-electron chi connectivity index (χ2n) is 4.19. The molecule has 2 atom stereocenters. The third-order valence-corrected chi connectivity index (χ3v) is 3.28. The molecule has 1 aromatic rings. The van der Waals surface area contributed by atoms with Crippen molar-refractivity contribution in [1.82, 2.24) is 5.32 Å². The fourth-order valence-corrected chi connectivity index (χ4v) is 2.26. The molecule has 2 nitrogen and oxygen atoms in total. The minimum atomic E-state index is -0.307. The molecule has 0 fully saturated rings. The lowest BCUT2D eigenvalue weighted by Gasteiger charge is -2.24. The van der Waals surface area contributed by atoms with Crippen LogP contribution in [0.15, 0.2) is 18.2 Å². The Morgan fingerprint density at radius 3 is 2.71 bits per heavy atom. The molecule has 0 aliphatic carbocycles. The van der Waals surface area contributed by atoms with E-state index in [0.29, 0.717) is 17.5 Å². The third kappa shape index (κ3) is 3.95. The maximum absolute atomic E-state index is 13.0. The van der Waals surface area contributed by atoms with Crippen molar-refractivity contribution < 1.29 is 9.13 Å². The maximum atomic E-state index is 13.0. The van der Waals surface area contributed by atoms with Gasteiger partial charge in [-0.3, -0.25) is 0 Å². The van der Waals surface area contributed by atoms with Gasteiger partial charge >= 0.3 is 0 Å². The molecule has 0 aromatic heterocycles. The lowest BCUT2D eigenvalue weighted by Crippen LogP contribution is -2.24. The Hall–Kier alpha value is -0.640. The summed E-state index contributed by atoms with van der Waals surface area (Å²) in [6.45, 7) is 2.83. The summed E-state index contributed by atoms with van der Waals surface area (Å²) in [5.74, 6) is 0.0565. The second kappa shape index (κ2) is 6.94. The fourth-order valence-electron chi connectivity index (χ4n) is 1.97. The van der Waals surface area contributed by atoms with Crippen molar-refractivity contribution in [3.05, 3.63) is 34.6 Å². The van der Waals surface area contributed by atoms with Crippen LogP contribution in [-0.4, -0.2) is 20.8 Å². The average Bonchev–Trinajstić information content (AvgIpc) is 2.30. The molecule has 1 N–H and O–H groups in total. The van der Waals surface area contributed by atoms with E-state index >= 15 is 0 Å². The molecule has 1 aromatic carbocycles. The summed E-state index contributed by atoms with van der Waals surface area (Å²) < 4.78 is 18.1. The fraction of sp³-hybridized carbons (Fsp3) is 0.538. The molecule has 0 aliphatic heterocycles. The molecule has 1 rings (SSSR count). The van der Waals surface area contributed by atoms with Crippen molar-refractivity contribution in [3.8, 4) is 0 Å². The smallest absolute Gasteiger partial charge is 0.124 e. The standard InChI is InChI=1S/C13H19ClFNO/c1-9(6-7-17-3)13(16-2)11-5-4-10(15)8-12(11)14/h4-5,8-9,13,16H,6-7H2,1-3H3. The first-order valence-electron chi connectivity index (χ1n) is 5.71. The summed E-state index contributed by atoms with van der Waals surface area (Å²) in [7, 11) is 3.57. The lowest BCUT2D eigenvalue weighted by atomic mass is 9.92. The molecule has 0 aliphatic rings. The maximum Gasteiger partial charge on any atom is 0.124 e. The number of hydrogen-bond acceptors (Lipinski definition) is 2. The van der Waals surface area contributed by atoms with Gasteiger partial charge in [-0.1, -0.05) is 24.6 Å². The van der Waals surface area contributed by atoms with Crippen molar-refractivity contribution in [1.29, 1.82) is 0 Å². The van der Waals surface area contributed by atoms with E-state index in [1.165, 1.54) is 12.1 Å². The first-order chi connectivity index (χ1) is 8.10. The topological polar surface area (TPSA) is 21.3 Å². The Labute approximate surface area is 107 Å². The van der Waals surface area contributed by atoms with Gasteiger partial charge in [-0.2, -0.15) is 0 Å². The molecule has 0 saturated carbocycles. The van der Waals surface area contributed by atoms with Crippen LogP contribution in [0.2, 0.25) is 5.02 Å². The number of rotatable bonds is 6. The van der Waals surface area contributed by atoms with E-state index in [1.54, 1.807) is 13.2 Å². The highest BCUT2D eigenvalue weighted by Crippen LogP contribution is 2.30. The molecule has 17 heavy (non-hydrogen) atoms. The highest BCUT2D eigenvalue weighted by Gasteiger charge is 2.19. The van der Waals surface area contributed by atoms with Gasteiger partial charge < -0.3 is 10.1 Å². The Morgan fingerprint density at radius 2 is 2.18 bits per heavy atom. The number of benzene rings is 1. The van der Waals surface area contributed by atoms with E-state index in [9.17, 15) is 4.39 Å². The van der Waals surface area contributed by atoms with E-state index in [2.05, 4.69) is 12.2 Å². The van der Waals surface area contributed by atoms with Crippen LogP contribution in [0.4, 0.5) is 4.39 Å². The highest BCUT2D eigenvalue weighted by atomic mass is 35.5. The minimum Gasteiger partial charge on any atom is -0.385 e. The van der Waals surface area contributed by atoms with E-state index in [1.807, 2.05) is 7.05 Å². The van der Waals surface area contributed by atoms with Crippen molar-refractivity contribution in [2.45, 2.75) is 19.4 Å². The van der Waals surface area contributed by atoms with Gasteiger partial charge in [-0.15, -0.1) is 0 Å². The van der Waals surface area contributed by atoms with Gasteiger partial charge in [0.1, 0.15) is 5.82 Å². The Morgan fingerprint density at radius 1 is 1.47 bits per heavy atom. The molecule has 2 unspecified atom stereocenters. The summed E-state index contributed by atoms with van der Waals surface area (Å²) in [6.07, 6.45) is 0.926. The average molecular weight is 260 g/mol. The molecule has 0 spiro atoms. The van der Waals surface area contributed by atoms with Gasteiger partial charge in [0, 0.05) is 24.8 Å². The van der Waals surface area contributed by atoms with E-state index in [4.69, 9.17) is 16.3 Å². The van der Waals surface area contributed by atoms with Gasteiger partial charge in [0.2, 0.25) is 0 Å². The Kier molecular flexibility index (Phi) is 5.89. The molecule has 0 saturated heterocycles. The third-order valence-electron chi connectivity index (χ3n) is 2.95. The van der Waals surface area contributed by atoms with Crippen molar-refractivity contribution in [3.63, 3.8) is 0 Å². The zero-order valence-corrected chi connectivity index (χ0v) is 11.2. The zero-order chi connectivity index (χ0) is 12.8. The predicted octanol–water partition coefficient (Wildman–Crippen LogP) is 3.41. The molecule has 0 bridgehead atoms. The Bertz CT molecular complexity index is 359. The quantitative estimate of drug-likeness (QED) is 0.845. The molecule has 4 heteroatoms. The van der Waals surface area contributed by atoms with E-state index in [0.717, 1.165) is 12.0 Å². The summed E-state index contributed by atoms with van der Waals surface area (Å²) in [6, 6.07) is 4.64. The summed E-state index contributed by atoms with van der Waals surface area (Å²) in [5, 5.41) is 3.69. The summed E-state index contributed by atoms with van der Waals surface area (Å²) in [5.41, 5.74) is 0.930. The number of halogens is 2. The van der Waals surface area contributed by atoms with Gasteiger partial charge in [0.05, 0.1) is 0 Å². The number of nitrogens with one attached hydrogen (secondary N) is 1. The zero-order valence-electron chi connectivity index (χ0n) is 10.5. The largest absolute Gasteiger partial charge is 0.385 e. The molecular weight excluding hydrogens is 241 g/mol. The van der Waals surface area contributed by atoms with Gasteiger partial charge in [-0.25, -0.2) is 4.39 Å². The molecular formula is C13H19ClFNO. The SMILES string of the molecule is CNC(c1ccc(F)cc1Cl)C(C)CCOC. The first-order valence-corrected chi connectivity index (χ1v) is 6.09. The molecule has 0 radical (unpaired) electrons. The van der Waals surface area contributed by atoms with Crippen LogP contribution in [0.1, 0.15) is 24.9 Å². The van der Waals surface area contributed by atoms with Gasteiger partial charge in [0.25, 0.3) is 0 Å². The van der Waals surface area contributed by atoms with Crippen LogP contribution in [0.25, 0.3) is 0 Å². The number of methoxy groups -OCH3 is 1. The van der Waals surface area contributed by atoms with Crippen LogP contribution < -0.4 is 5.32 Å². The monoisotopic (exact) mass is 259 g/mol. The van der Waals surface area contributed by atoms with Crippen molar-refractivity contribution in [2.75, 3.05) is 20.8 Å². The molecule has 0 amide bonds. The van der Waals surface area contributed by atoms with Crippen LogP contribution in [-0.2, 0) is 4.74 Å². The summed E-state index contributed by atoms with van der Waals surface area (Å²) >= 11 is 6.07. The van der Waals surface area contributed by atoms with E-state index < -0.39 is 0 Å². The van der Waals surface area contributed by atoms with Gasteiger partial charge in [0.15, 0.2) is 0 Å².